The minimum Gasteiger partial charge on any atom is -0.390 e. The van der Waals surface area contributed by atoms with E-state index in [4.69, 9.17) is 8.85 Å². The molecule has 1 fully saturated rings. The maximum absolute atomic E-state index is 5.89. The summed E-state index contributed by atoms with van der Waals surface area (Å²) < 4.78 is 11.8. The van der Waals surface area contributed by atoms with Gasteiger partial charge in [0.1, 0.15) is 0 Å². The Morgan fingerprint density at radius 2 is 1.46 bits per heavy atom. The van der Waals surface area contributed by atoms with Crippen LogP contribution in [-0.2, 0) is 8.85 Å². The normalized spacial score (nSPS) is 36.7. The Morgan fingerprint density at radius 3 is 1.85 bits per heavy atom. The summed E-state index contributed by atoms with van der Waals surface area (Å²) in [5, 5.41) is 0. The Morgan fingerprint density at radius 1 is 1.08 bits per heavy atom. The molecule has 0 aromatic carbocycles. The number of hydrogen-bond donors (Lipinski definition) is 0. The highest BCUT2D eigenvalue weighted by Gasteiger charge is 2.32. The van der Waals surface area contributed by atoms with Crippen LogP contribution in [0.15, 0.2) is 0 Å². The first-order valence-electron chi connectivity index (χ1n) is 4.93. The van der Waals surface area contributed by atoms with Crippen molar-refractivity contribution in [2.24, 2.45) is 0 Å². The van der Waals surface area contributed by atoms with E-state index in [0.717, 1.165) is 13.1 Å². The Hall–Kier alpha value is 0.0969. The third kappa shape index (κ3) is 3.77. The zero-order valence-electron chi connectivity index (χ0n) is 9.33. The minimum absolute atomic E-state index is 0.291. The van der Waals surface area contributed by atoms with E-state index in [1.807, 2.05) is 0 Å². The molecule has 0 saturated carbocycles. The van der Waals surface area contributed by atoms with Gasteiger partial charge in [0, 0.05) is 13.1 Å². The fourth-order valence-electron chi connectivity index (χ4n) is 2.02. The summed E-state index contributed by atoms with van der Waals surface area (Å²) in [5.41, 5.74) is 0. The molecule has 1 aliphatic heterocycles. The topological polar surface area (TPSA) is 21.7 Å². The van der Waals surface area contributed by atoms with E-state index in [1.54, 1.807) is 0 Å². The van der Waals surface area contributed by atoms with Gasteiger partial charge in [0.15, 0.2) is 0 Å². The molecule has 0 radical (unpaired) electrons. The van der Waals surface area contributed by atoms with Gasteiger partial charge >= 0.3 is 8.56 Å². The number of hydrogen-bond acceptors (Lipinski definition) is 3. The maximum Gasteiger partial charge on any atom is 0.332 e. The van der Waals surface area contributed by atoms with E-state index in [0.29, 0.717) is 12.2 Å². The highest BCUT2D eigenvalue weighted by molar-refractivity contribution is 6.64. The van der Waals surface area contributed by atoms with E-state index in [2.05, 4.69) is 38.9 Å². The monoisotopic (exact) mass is 203 g/mol. The van der Waals surface area contributed by atoms with Gasteiger partial charge in [-0.3, -0.25) is 0 Å². The Kier molecular flexibility index (Phi) is 3.51. The molecule has 1 heterocycles. The zero-order valence-corrected chi connectivity index (χ0v) is 10.3. The van der Waals surface area contributed by atoms with Crippen molar-refractivity contribution in [3.05, 3.63) is 0 Å². The summed E-state index contributed by atoms with van der Waals surface area (Å²) in [6, 6.07) is 0. The van der Waals surface area contributed by atoms with E-state index < -0.39 is 8.56 Å². The average Bonchev–Trinajstić information content (AvgIpc) is 1.78. The van der Waals surface area contributed by atoms with Crippen LogP contribution in [0.1, 0.15) is 13.8 Å². The van der Waals surface area contributed by atoms with Crippen molar-refractivity contribution >= 4 is 8.56 Å². The van der Waals surface area contributed by atoms with Crippen LogP contribution in [0.3, 0.4) is 0 Å². The smallest absolute Gasteiger partial charge is 0.332 e. The van der Waals surface area contributed by atoms with E-state index in [9.17, 15) is 0 Å². The molecule has 0 amide bonds. The van der Waals surface area contributed by atoms with E-state index in [1.165, 1.54) is 0 Å². The highest BCUT2D eigenvalue weighted by atomic mass is 28.4. The van der Waals surface area contributed by atoms with Gasteiger partial charge in [-0.15, -0.1) is 0 Å². The molecular formula is C9H21NO2Si. The van der Waals surface area contributed by atoms with Crippen molar-refractivity contribution < 1.29 is 8.85 Å². The van der Waals surface area contributed by atoms with E-state index >= 15 is 0 Å². The van der Waals surface area contributed by atoms with Crippen LogP contribution in [0.2, 0.25) is 13.1 Å². The summed E-state index contributed by atoms with van der Waals surface area (Å²) in [7, 11) is 0.255. The molecule has 1 aliphatic rings. The Balaban J connectivity index is 2.59. The molecule has 0 aromatic rings. The standard InChI is InChI=1S/C9H21NO2Si/c1-8-6-10(3)7-9(2)12-13(4,5)11-8/h8-9H,6-7H2,1-5H3/t8-,9-/m0/s1. The van der Waals surface area contributed by atoms with E-state index in [-0.39, 0.29) is 0 Å². The molecular weight excluding hydrogens is 182 g/mol. The summed E-state index contributed by atoms with van der Waals surface area (Å²) >= 11 is 0. The van der Waals surface area contributed by atoms with Crippen LogP contribution in [0, 0.1) is 0 Å². The van der Waals surface area contributed by atoms with Gasteiger partial charge in [0.2, 0.25) is 0 Å². The summed E-state index contributed by atoms with van der Waals surface area (Å²) in [6.07, 6.45) is 0.582. The third-order valence-corrected chi connectivity index (χ3v) is 4.05. The maximum atomic E-state index is 5.89. The zero-order chi connectivity index (χ0) is 10.1. The summed E-state index contributed by atoms with van der Waals surface area (Å²) in [6.45, 7) is 10.5. The summed E-state index contributed by atoms with van der Waals surface area (Å²) in [5.74, 6) is 0. The first-order chi connectivity index (χ1) is 5.89. The van der Waals surface area contributed by atoms with Crippen LogP contribution >= 0.6 is 0 Å². The number of rotatable bonds is 0. The second-order valence-corrected chi connectivity index (χ2v) is 7.75. The average molecular weight is 203 g/mol. The lowest BCUT2D eigenvalue weighted by Gasteiger charge is -2.36. The molecule has 0 aromatic heterocycles. The second kappa shape index (κ2) is 4.08. The molecule has 2 atom stereocenters. The minimum atomic E-state index is -1.86. The van der Waals surface area contributed by atoms with Crippen LogP contribution in [0.25, 0.3) is 0 Å². The van der Waals surface area contributed by atoms with Crippen molar-refractivity contribution in [2.45, 2.75) is 39.1 Å². The first kappa shape index (κ1) is 11.2. The Labute approximate surface area is 82.3 Å². The Bertz CT molecular complexity index is 159. The van der Waals surface area contributed by atoms with Gasteiger partial charge < -0.3 is 13.8 Å². The molecule has 13 heavy (non-hydrogen) atoms. The van der Waals surface area contributed by atoms with Crippen molar-refractivity contribution in [2.75, 3.05) is 20.1 Å². The quantitative estimate of drug-likeness (QED) is 0.556. The van der Waals surface area contributed by atoms with Gasteiger partial charge in [-0.25, -0.2) is 0 Å². The molecule has 0 aliphatic carbocycles. The molecule has 0 spiro atoms. The predicted molar refractivity (Wildman–Crippen MR) is 56.1 cm³/mol. The fraction of sp³-hybridized carbons (Fsp3) is 1.00. The third-order valence-electron chi connectivity index (χ3n) is 2.11. The summed E-state index contributed by atoms with van der Waals surface area (Å²) in [4.78, 5) is 2.26. The lowest BCUT2D eigenvalue weighted by atomic mass is 10.3. The van der Waals surface area contributed by atoms with Gasteiger partial charge in [-0.2, -0.15) is 0 Å². The molecule has 0 unspecified atom stereocenters. The largest absolute Gasteiger partial charge is 0.390 e. The molecule has 78 valence electrons. The van der Waals surface area contributed by atoms with Gasteiger partial charge in [0.05, 0.1) is 12.2 Å². The molecule has 3 nitrogen and oxygen atoms in total. The lowest BCUT2D eigenvalue weighted by Crippen LogP contribution is -2.49. The van der Waals surface area contributed by atoms with Crippen molar-refractivity contribution in [1.82, 2.24) is 4.90 Å². The number of nitrogens with zero attached hydrogens (tertiary/aromatic N) is 1. The van der Waals surface area contributed by atoms with Crippen molar-refractivity contribution in [3.63, 3.8) is 0 Å². The lowest BCUT2D eigenvalue weighted by molar-refractivity contribution is 0.0349. The van der Waals surface area contributed by atoms with Crippen LogP contribution < -0.4 is 0 Å². The number of likely N-dealkylation sites (N-methyl/N-ethyl adjacent to an activating group) is 1. The van der Waals surface area contributed by atoms with Crippen LogP contribution in [0.5, 0.6) is 0 Å². The van der Waals surface area contributed by atoms with Crippen molar-refractivity contribution in [3.8, 4) is 0 Å². The van der Waals surface area contributed by atoms with Gasteiger partial charge in [-0.1, -0.05) is 0 Å². The first-order valence-corrected chi connectivity index (χ1v) is 7.75. The molecule has 1 rings (SSSR count). The predicted octanol–water partition coefficient (Wildman–Crippen LogP) is 1.44. The molecule has 0 N–H and O–H groups in total. The van der Waals surface area contributed by atoms with Crippen LogP contribution in [0.4, 0.5) is 0 Å². The fourth-order valence-corrected chi connectivity index (χ4v) is 4.17. The molecule has 1 saturated heterocycles. The van der Waals surface area contributed by atoms with Crippen molar-refractivity contribution in [1.29, 1.82) is 0 Å². The SMILES string of the molecule is C[C@H]1CN(C)C[C@H](C)O[Si](C)(C)O1. The van der Waals surface area contributed by atoms with Gasteiger partial charge in [0.25, 0.3) is 0 Å². The molecule has 0 bridgehead atoms. The van der Waals surface area contributed by atoms with Gasteiger partial charge in [-0.05, 0) is 34.0 Å². The molecule has 4 heteroatoms. The second-order valence-electron chi connectivity index (χ2n) is 4.48. The van der Waals surface area contributed by atoms with Crippen LogP contribution in [-0.4, -0.2) is 45.8 Å². The highest BCUT2D eigenvalue weighted by Crippen LogP contribution is 2.16.